The van der Waals surface area contributed by atoms with Crippen LogP contribution in [0.25, 0.3) is 33.6 Å². The van der Waals surface area contributed by atoms with Gasteiger partial charge in [-0.2, -0.15) is 0 Å². The van der Waals surface area contributed by atoms with Gasteiger partial charge in [0.2, 0.25) is 0 Å². The second-order valence-electron chi connectivity index (χ2n) is 15.6. The maximum absolute atomic E-state index is 13.0. The number of carbonyl (C=O) groups excluding carboxylic acids is 2. The molecule has 3 aliphatic rings. The van der Waals surface area contributed by atoms with E-state index in [-0.39, 0.29) is 30.2 Å². The zero-order chi connectivity index (χ0) is 35.2. The maximum Gasteiger partial charge on any atom is 0.410 e. The number of likely N-dealkylation sites (tertiary alicyclic amines) is 1. The molecule has 0 radical (unpaired) electrons. The van der Waals surface area contributed by atoms with Gasteiger partial charge in [0.25, 0.3) is 0 Å². The average molecular weight is 681 g/mol. The van der Waals surface area contributed by atoms with E-state index in [0.29, 0.717) is 19.6 Å². The summed E-state index contributed by atoms with van der Waals surface area (Å²) in [7, 11) is 0. The molecule has 2 amide bonds. The fourth-order valence-electron chi connectivity index (χ4n) is 7.30. The molecule has 1 saturated heterocycles. The van der Waals surface area contributed by atoms with Gasteiger partial charge < -0.3 is 29.5 Å². The number of aromatic amines is 2. The first-order valence-corrected chi connectivity index (χ1v) is 17.8. The Morgan fingerprint density at radius 2 is 1.62 bits per heavy atom. The smallest absolute Gasteiger partial charge is 0.410 e. The zero-order valence-corrected chi connectivity index (χ0v) is 29.9. The normalized spacial score (nSPS) is 20.4. The van der Waals surface area contributed by atoms with E-state index in [1.54, 1.807) is 4.90 Å². The van der Waals surface area contributed by atoms with E-state index >= 15 is 0 Å². The SMILES string of the molecule is CC(C)(C)OC(=O)N[C@@H]1CCC[C@@H]1c1ncc(-c2ccc(-c3ccc4c(c3)OCCc3nc([C@@H]5CCCN5C(=O)OC(C)(C)C)[nH]c3-4)cc2)[nH]1. The summed E-state index contributed by atoms with van der Waals surface area (Å²) in [5, 5.41) is 3.06. The van der Waals surface area contributed by atoms with Crippen molar-refractivity contribution in [3.63, 3.8) is 0 Å². The molecule has 1 saturated carbocycles. The number of imidazole rings is 2. The Bertz CT molecular complexity index is 1860. The number of amides is 2. The zero-order valence-electron chi connectivity index (χ0n) is 29.9. The van der Waals surface area contributed by atoms with Gasteiger partial charge >= 0.3 is 12.2 Å². The summed E-state index contributed by atoms with van der Waals surface area (Å²) in [6, 6.07) is 14.6. The number of alkyl carbamates (subject to hydrolysis) is 1. The van der Waals surface area contributed by atoms with Crippen molar-refractivity contribution >= 4 is 12.2 Å². The lowest BCUT2D eigenvalue weighted by molar-refractivity contribution is 0.0218. The van der Waals surface area contributed by atoms with E-state index in [4.69, 9.17) is 24.2 Å². The number of benzene rings is 2. The van der Waals surface area contributed by atoms with Crippen molar-refractivity contribution in [1.29, 1.82) is 0 Å². The van der Waals surface area contributed by atoms with Crippen molar-refractivity contribution < 1.29 is 23.8 Å². The molecule has 2 aromatic heterocycles. The Balaban J connectivity index is 1.06. The number of nitrogens with one attached hydrogen (secondary N) is 3. The third-order valence-electron chi connectivity index (χ3n) is 9.53. The second-order valence-corrected chi connectivity index (χ2v) is 15.6. The molecule has 11 heteroatoms. The van der Waals surface area contributed by atoms with Crippen LogP contribution in [-0.4, -0.2) is 67.4 Å². The molecule has 3 N–H and O–H groups in total. The molecule has 2 aromatic carbocycles. The number of rotatable bonds is 5. The van der Waals surface area contributed by atoms with Crippen molar-refractivity contribution in [1.82, 2.24) is 30.2 Å². The topological polar surface area (TPSA) is 134 Å². The van der Waals surface area contributed by atoms with E-state index in [1.165, 1.54) is 0 Å². The lowest BCUT2D eigenvalue weighted by atomic mass is 9.99. The Morgan fingerprint density at radius 1 is 0.880 bits per heavy atom. The van der Waals surface area contributed by atoms with Crippen molar-refractivity contribution in [2.45, 2.75) is 109 Å². The summed E-state index contributed by atoms with van der Waals surface area (Å²) in [5.74, 6) is 2.61. The highest BCUT2D eigenvalue weighted by Gasteiger charge is 2.36. The second kappa shape index (κ2) is 13.2. The number of carbonyl (C=O) groups is 2. The molecule has 0 spiro atoms. The molecule has 3 atom stereocenters. The Morgan fingerprint density at radius 3 is 2.38 bits per heavy atom. The van der Waals surface area contributed by atoms with E-state index in [0.717, 1.165) is 88.8 Å². The molecule has 1 aliphatic carbocycles. The summed E-state index contributed by atoms with van der Waals surface area (Å²) in [4.78, 5) is 44.0. The predicted octanol–water partition coefficient (Wildman–Crippen LogP) is 8.30. The van der Waals surface area contributed by atoms with Crippen LogP contribution in [0.4, 0.5) is 9.59 Å². The lowest BCUT2D eigenvalue weighted by Gasteiger charge is -2.27. The van der Waals surface area contributed by atoms with Gasteiger partial charge in [-0.05, 0) is 96.0 Å². The van der Waals surface area contributed by atoms with E-state index < -0.39 is 11.2 Å². The lowest BCUT2D eigenvalue weighted by Crippen LogP contribution is -2.40. The van der Waals surface area contributed by atoms with Gasteiger partial charge in [-0.1, -0.05) is 36.8 Å². The minimum Gasteiger partial charge on any atom is -0.492 e. The fraction of sp³-hybridized carbons (Fsp3) is 0.487. The standard InChI is InChI=1S/C39H48N6O5/c1-38(2,3)49-36(46)43-28-10-7-9-26(28)34-40-22-30(42-34)24-14-12-23(13-15-24)25-16-17-27-32(21-25)48-20-18-29-33(27)44-35(41-29)31-11-8-19-45(31)37(47)50-39(4,5)6/h12-17,21-22,26,28,31H,7-11,18-20H2,1-6H3,(H,40,42)(H,41,44)(H,43,46)/t26-,28+,31-/m0/s1. The van der Waals surface area contributed by atoms with Crippen LogP contribution in [0, 0.1) is 0 Å². The van der Waals surface area contributed by atoms with Crippen LogP contribution in [0.3, 0.4) is 0 Å². The van der Waals surface area contributed by atoms with Gasteiger partial charge in [0.05, 0.1) is 35.9 Å². The first-order valence-electron chi connectivity index (χ1n) is 17.8. The van der Waals surface area contributed by atoms with Gasteiger partial charge in [0.1, 0.15) is 28.6 Å². The molecular formula is C39H48N6O5. The van der Waals surface area contributed by atoms with Crippen LogP contribution in [0.5, 0.6) is 5.75 Å². The molecular weight excluding hydrogens is 632 g/mol. The minimum atomic E-state index is -0.551. The first-order chi connectivity index (χ1) is 23.8. The number of nitrogens with zero attached hydrogens (tertiary/aromatic N) is 3. The molecule has 0 bridgehead atoms. The minimum absolute atomic E-state index is 0.0132. The number of aromatic nitrogens is 4. The van der Waals surface area contributed by atoms with Crippen LogP contribution in [0.1, 0.15) is 103 Å². The predicted molar refractivity (Wildman–Crippen MR) is 191 cm³/mol. The highest BCUT2D eigenvalue weighted by molar-refractivity contribution is 5.77. The molecule has 4 aromatic rings. The Kier molecular flexibility index (Phi) is 8.86. The van der Waals surface area contributed by atoms with Crippen molar-refractivity contribution in [3.05, 3.63) is 66.0 Å². The van der Waals surface area contributed by atoms with Gasteiger partial charge in [0.15, 0.2) is 0 Å². The van der Waals surface area contributed by atoms with E-state index in [9.17, 15) is 9.59 Å². The first kappa shape index (κ1) is 33.7. The fourth-order valence-corrected chi connectivity index (χ4v) is 7.30. The van der Waals surface area contributed by atoms with Gasteiger partial charge in [0, 0.05) is 30.5 Å². The Hall–Kier alpha value is -4.80. The van der Waals surface area contributed by atoms with Crippen LogP contribution in [0.15, 0.2) is 48.7 Å². The largest absolute Gasteiger partial charge is 0.492 e. The monoisotopic (exact) mass is 680 g/mol. The van der Waals surface area contributed by atoms with E-state index in [1.807, 2.05) is 47.7 Å². The number of ether oxygens (including phenoxy) is 3. The number of H-pyrrole nitrogens is 2. The van der Waals surface area contributed by atoms with Crippen LogP contribution < -0.4 is 10.1 Å². The summed E-state index contributed by atoms with van der Waals surface area (Å²) < 4.78 is 17.4. The summed E-state index contributed by atoms with van der Waals surface area (Å²) in [5.41, 5.74) is 5.89. The number of hydrogen-bond donors (Lipinski definition) is 3. The third-order valence-corrected chi connectivity index (χ3v) is 9.53. The maximum atomic E-state index is 13.0. The molecule has 50 heavy (non-hydrogen) atoms. The van der Waals surface area contributed by atoms with Gasteiger partial charge in [-0.3, -0.25) is 4.90 Å². The van der Waals surface area contributed by atoms with Crippen molar-refractivity contribution in [2.24, 2.45) is 0 Å². The summed E-state index contributed by atoms with van der Waals surface area (Å²) in [6.07, 6.45) is 6.50. The van der Waals surface area contributed by atoms with Crippen LogP contribution in [0.2, 0.25) is 0 Å². The molecule has 0 unspecified atom stereocenters. The molecule has 7 rings (SSSR count). The number of hydrogen-bond acceptors (Lipinski definition) is 7. The van der Waals surface area contributed by atoms with Gasteiger partial charge in [-0.25, -0.2) is 19.6 Å². The molecule has 2 fully saturated rings. The van der Waals surface area contributed by atoms with Crippen molar-refractivity contribution in [3.8, 4) is 39.4 Å². The van der Waals surface area contributed by atoms with E-state index in [2.05, 4.69) is 57.7 Å². The number of fused-ring (bicyclic) bond motifs is 3. The molecule has 11 nitrogen and oxygen atoms in total. The van der Waals surface area contributed by atoms with Crippen LogP contribution in [-0.2, 0) is 15.9 Å². The third kappa shape index (κ3) is 7.22. The highest BCUT2D eigenvalue weighted by Crippen LogP contribution is 2.40. The Labute approximate surface area is 293 Å². The molecule has 4 heterocycles. The summed E-state index contributed by atoms with van der Waals surface area (Å²) in [6.45, 7) is 12.5. The average Bonchev–Trinajstić information content (AvgIpc) is 3.85. The summed E-state index contributed by atoms with van der Waals surface area (Å²) >= 11 is 0. The van der Waals surface area contributed by atoms with Crippen molar-refractivity contribution in [2.75, 3.05) is 13.2 Å². The van der Waals surface area contributed by atoms with Gasteiger partial charge in [-0.15, -0.1) is 0 Å². The highest BCUT2D eigenvalue weighted by atomic mass is 16.6. The quantitative estimate of drug-likeness (QED) is 0.193. The van der Waals surface area contributed by atoms with Crippen LogP contribution >= 0.6 is 0 Å². The molecule has 264 valence electrons. The molecule has 2 aliphatic heterocycles.